The van der Waals surface area contributed by atoms with Gasteiger partial charge in [0, 0.05) is 12.1 Å². The van der Waals surface area contributed by atoms with Gasteiger partial charge in [-0.3, -0.25) is 10.0 Å². The van der Waals surface area contributed by atoms with Crippen molar-refractivity contribution in [1.82, 2.24) is 16.1 Å². The lowest BCUT2D eigenvalue weighted by Crippen LogP contribution is -2.43. The first-order chi connectivity index (χ1) is 10.8. The SMILES string of the molecule is CCCCNC(=O)N[C@H](c1ccc(C(=O)NO)cc1)C(F)(F)F. The third-order valence-corrected chi connectivity index (χ3v) is 3.03. The molecular formula is C14H18F3N3O3. The summed E-state index contributed by atoms with van der Waals surface area (Å²) in [4.78, 5) is 22.7. The standard InChI is InChI=1S/C14H18F3N3O3/c1-2-3-8-18-13(22)19-11(14(15,16)17)9-4-6-10(7-5-9)12(21)20-23/h4-7,11,23H,2-3,8H2,1H3,(H,20,21)(H2,18,19,22)/t11-/m1/s1. The van der Waals surface area contributed by atoms with E-state index in [0.29, 0.717) is 6.42 Å². The zero-order valence-corrected chi connectivity index (χ0v) is 12.4. The first-order valence-electron chi connectivity index (χ1n) is 6.95. The van der Waals surface area contributed by atoms with Crippen LogP contribution in [0.5, 0.6) is 0 Å². The van der Waals surface area contributed by atoms with Crippen LogP contribution in [0, 0.1) is 0 Å². The third kappa shape index (κ3) is 5.78. The molecule has 0 spiro atoms. The molecule has 0 fully saturated rings. The molecule has 4 N–H and O–H groups in total. The number of urea groups is 1. The van der Waals surface area contributed by atoms with E-state index in [4.69, 9.17) is 5.21 Å². The van der Waals surface area contributed by atoms with Gasteiger partial charge in [0.25, 0.3) is 5.91 Å². The highest BCUT2D eigenvalue weighted by Crippen LogP contribution is 2.32. The lowest BCUT2D eigenvalue weighted by molar-refractivity contribution is -0.154. The van der Waals surface area contributed by atoms with E-state index in [1.54, 1.807) is 0 Å². The van der Waals surface area contributed by atoms with Gasteiger partial charge in [-0.15, -0.1) is 0 Å². The van der Waals surface area contributed by atoms with Crippen LogP contribution in [-0.4, -0.2) is 29.9 Å². The van der Waals surface area contributed by atoms with Crippen molar-refractivity contribution in [2.45, 2.75) is 32.0 Å². The summed E-state index contributed by atoms with van der Waals surface area (Å²) >= 11 is 0. The van der Waals surface area contributed by atoms with E-state index in [0.717, 1.165) is 30.7 Å². The number of hydroxylamine groups is 1. The summed E-state index contributed by atoms with van der Waals surface area (Å²) in [6.07, 6.45) is -3.23. The first-order valence-corrected chi connectivity index (χ1v) is 6.95. The molecule has 0 unspecified atom stereocenters. The van der Waals surface area contributed by atoms with Gasteiger partial charge in [0.1, 0.15) is 0 Å². The van der Waals surface area contributed by atoms with Gasteiger partial charge in [0.15, 0.2) is 6.04 Å². The Hall–Kier alpha value is -2.29. The Labute approximate surface area is 131 Å². The first kappa shape index (κ1) is 18.8. The molecule has 9 heteroatoms. The summed E-state index contributed by atoms with van der Waals surface area (Å²) in [5.74, 6) is -0.842. The minimum absolute atomic E-state index is 0.00966. The summed E-state index contributed by atoms with van der Waals surface area (Å²) in [6.45, 7) is 2.17. The number of hydrogen-bond acceptors (Lipinski definition) is 3. The second kappa shape index (κ2) is 8.37. The third-order valence-electron chi connectivity index (χ3n) is 3.03. The van der Waals surface area contributed by atoms with E-state index in [-0.39, 0.29) is 17.7 Å². The van der Waals surface area contributed by atoms with Crippen molar-refractivity contribution in [3.63, 3.8) is 0 Å². The number of alkyl halides is 3. The van der Waals surface area contributed by atoms with Crippen molar-refractivity contribution in [2.75, 3.05) is 6.54 Å². The molecule has 0 radical (unpaired) electrons. The summed E-state index contributed by atoms with van der Waals surface area (Å²) in [5.41, 5.74) is 1.15. The highest BCUT2D eigenvalue weighted by Gasteiger charge is 2.41. The van der Waals surface area contributed by atoms with E-state index < -0.39 is 24.2 Å². The van der Waals surface area contributed by atoms with Gasteiger partial charge in [-0.25, -0.2) is 10.3 Å². The fourth-order valence-electron chi connectivity index (χ4n) is 1.81. The number of rotatable bonds is 6. The smallest absolute Gasteiger partial charge is 0.338 e. The van der Waals surface area contributed by atoms with Gasteiger partial charge in [-0.05, 0) is 24.1 Å². The monoisotopic (exact) mass is 333 g/mol. The number of carbonyl (C=O) groups excluding carboxylic acids is 2. The molecule has 0 aliphatic carbocycles. The largest absolute Gasteiger partial charge is 0.412 e. The quantitative estimate of drug-likeness (QED) is 0.366. The maximum Gasteiger partial charge on any atom is 0.412 e. The lowest BCUT2D eigenvalue weighted by Gasteiger charge is -2.22. The fourth-order valence-corrected chi connectivity index (χ4v) is 1.81. The molecule has 23 heavy (non-hydrogen) atoms. The molecule has 6 nitrogen and oxygen atoms in total. The Morgan fingerprint density at radius 3 is 2.30 bits per heavy atom. The van der Waals surface area contributed by atoms with Crippen molar-refractivity contribution in [1.29, 1.82) is 0 Å². The zero-order valence-electron chi connectivity index (χ0n) is 12.4. The average Bonchev–Trinajstić information content (AvgIpc) is 2.51. The zero-order chi connectivity index (χ0) is 17.5. The van der Waals surface area contributed by atoms with Crippen molar-refractivity contribution >= 4 is 11.9 Å². The highest BCUT2D eigenvalue weighted by atomic mass is 19.4. The molecule has 1 atom stereocenters. The molecule has 1 aromatic carbocycles. The predicted molar refractivity (Wildman–Crippen MR) is 75.9 cm³/mol. The van der Waals surface area contributed by atoms with E-state index >= 15 is 0 Å². The van der Waals surface area contributed by atoms with Crippen LogP contribution in [0.1, 0.15) is 41.7 Å². The normalized spacial score (nSPS) is 12.4. The van der Waals surface area contributed by atoms with E-state index in [1.807, 2.05) is 12.2 Å². The molecule has 128 valence electrons. The number of unbranched alkanes of at least 4 members (excludes halogenated alkanes) is 1. The van der Waals surface area contributed by atoms with Gasteiger partial charge in [0.2, 0.25) is 0 Å². The van der Waals surface area contributed by atoms with Crippen LogP contribution in [-0.2, 0) is 0 Å². The predicted octanol–water partition coefficient (Wildman–Crippen LogP) is 2.51. The van der Waals surface area contributed by atoms with E-state index in [2.05, 4.69) is 5.32 Å². The van der Waals surface area contributed by atoms with Crippen molar-refractivity contribution < 1.29 is 28.0 Å². The van der Waals surface area contributed by atoms with Gasteiger partial charge < -0.3 is 10.6 Å². The molecular weight excluding hydrogens is 315 g/mol. The summed E-state index contributed by atoms with van der Waals surface area (Å²) in [7, 11) is 0. The molecule has 0 aromatic heterocycles. The van der Waals surface area contributed by atoms with Gasteiger partial charge >= 0.3 is 12.2 Å². The molecule has 0 bridgehead atoms. The topological polar surface area (TPSA) is 90.5 Å². The highest BCUT2D eigenvalue weighted by molar-refractivity contribution is 5.93. The van der Waals surface area contributed by atoms with Crippen LogP contribution >= 0.6 is 0 Å². The van der Waals surface area contributed by atoms with Crippen molar-refractivity contribution in [2.24, 2.45) is 0 Å². The van der Waals surface area contributed by atoms with Crippen LogP contribution in [0.2, 0.25) is 0 Å². The Kier molecular flexibility index (Phi) is 6.83. The van der Waals surface area contributed by atoms with E-state index in [1.165, 1.54) is 5.48 Å². The molecule has 0 aliphatic heterocycles. The van der Waals surface area contributed by atoms with E-state index in [9.17, 15) is 22.8 Å². The molecule has 0 saturated heterocycles. The van der Waals surface area contributed by atoms with Crippen LogP contribution in [0.25, 0.3) is 0 Å². The Morgan fingerprint density at radius 1 is 1.22 bits per heavy atom. The molecule has 1 rings (SSSR count). The van der Waals surface area contributed by atoms with Gasteiger partial charge in [-0.1, -0.05) is 25.5 Å². The fraction of sp³-hybridized carbons (Fsp3) is 0.429. The Morgan fingerprint density at radius 2 is 1.83 bits per heavy atom. The summed E-state index contributed by atoms with van der Waals surface area (Å²) < 4.78 is 39.4. The minimum atomic E-state index is -4.69. The number of halogens is 3. The minimum Gasteiger partial charge on any atom is -0.338 e. The molecule has 1 aromatic rings. The van der Waals surface area contributed by atoms with Crippen molar-refractivity contribution in [3.05, 3.63) is 35.4 Å². The maximum absolute atomic E-state index is 13.1. The molecule has 0 heterocycles. The maximum atomic E-state index is 13.1. The van der Waals surface area contributed by atoms with Crippen LogP contribution in [0.3, 0.4) is 0 Å². The second-order valence-electron chi connectivity index (χ2n) is 4.79. The molecule has 0 aliphatic rings. The van der Waals surface area contributed by atoms with Crippen molar-refractivity contribution in [3.8, 4) is 0 Å². The number of benzene rings is 1. The average molecular weight is 333 g/mol. The number of carbonyl (C=O) groups is 2. The Bertz CT molecular complexity index is 532. The van der Waals surface area contributed by atoms with Gasteiger partial charge in [-0.2, -0.15) is 13.2 Å². The van der Waals surface area contributed by atoms with Crippen LogP contribution in [0.15, 0.2) is 24.3 Å². The number of nitrogens with one attached hydrogen (secondary N) is 3. The summed E-state index contributed by atoms with van der Waals surface area (Å²) in [6, 6.07) is 1.25. The number of amides is 3. The summed E-state index contributed by atoms with van der Waals surface area (Å²) in [5, 5.41) is 12.7. The molecule has 0 saturated carbocycles. The van der Waals surface area contributed by atoms with Crippen LogP contribution < -0.4 is 16.1 Å². The van der Waals surface area contributed by atoms with Crippen LogP contribution in [0.4, 0.5) is 18.0 Å². The molecule has 3 amide bonds. The lowest BCUT2D eigenvalue weighted by atomic mass is 10.0. The Balaban J connectivity index is 2.86. The second-order valence-corrected chi connectivity index (χ2v) is 4.79. The number of hydrogen-bond donors (Lipinski definition) is 4. The van der Waals surface area contributed by atoms with Gasteiger partial charge in [0.05, 0.1) is 0 Å².